The van der Waals surface area contributed by atoms with Crippen LogP contribution in [0.4, 0.5) is 15.3 Å². The van der Waals surface area contributed by atoms with Gasteiger partial charge in [-0.05, 0) is 11.5 Å². The Hall–Kier alpha value is -2.62. The Bertz CT molecular complexity index is 848. The van der Waals surface area contributed by atoms with E-state index in [1.54, 1.807) is 0 Å². The van der Waals surface area contributed by atoms with E-state index in [9.17, 15) is 32.5 Å². The zero-order chi connectivity index (χ0) is 15.1. The molecule has 0 heterocycles. The second kappa shape index (κ2) is 4.49. The van der Waals surface area contributed by atoms with Crippen molar-refractivity contribution in [3.63, 3.8) is 0 Å². The minimum absolute atomic E-state index is 0.107. The quantitative estimate of drug-likeness (QED) is 0.487. The third-order valence-corrected chi connectivity index (χ3v) is 3.38. The summed E-state index contributed by atoms with van der Waals surface area (Å²) >= 11 is 0. The molecule has 0 radical (unpaired) electrons. The smallest absolute Gasteiger partial charge is 0.258 e. The van der Waals surface area contributed by atoms with Gasteiger partial charge >= 0.3 is 10.2 Å². The maximum Gasteiger partial charge on any atom is 0.332 e. The van der Waals surface area contributed by atoms with Gasteiger partial charge < -0.3 is 0 Å². The zero-order valence-corrected chi connectivity index (χ0v) is 10.3. The Kier molecular flexibility index (Phi) is 3.10. The molecule has 10 heteroatoms. The zero-order valence-electron chi connectivity index (χ0n) is 9.52. The van der Waals surface area contributed by atoms with Gasteiger partial charge in [0.1, 0.15) is 10.3 Å². The summed E-state index contributed by atoms with van der Waals surface area (Å²) in [5.41, 5.74) is -1.40. The molecule has 104 valence electrons. The highest BCUT2D eigenvalue weighted by Gasteiger charge is 2.26. The van der Waals surface area contributed by atoms with Crippen LogP contribution in [0.5, 0.6) is 0 Å². The Morgan fingerprint density at radius 2 is 1.60 bits per heavy atom. The maximum atomic E-state index is 13.0. The average molecular weight is 300 g/mol. The van der Waals surface area contributed by atoms with Crippen LogP contribution in [0.3, 0.4) is 0 Å². The summed E-state index contributed by atoms with van der Waals surface area (Å²) in [6, 6.07) is 4.76. The summed E-state index contributed by atoms with van der Waals surface area (Å²) in [5.74, 6) is 0. The molecule has 0 saturated heterocycles. The van der Waals surface area contributed by atoms with E-state index in [1.807, 2.05) is 0 Å². The van der Waals surface area contributed by atoms with Gasteiger partial charge in [0.25, 0.3) is 11.4 Å². The predicted octanol–water partition coefficient (Wildman–Crippen LogP) is 2.31. The molecule has 0 amide bonds. The van der Waals surface area contributed by atoms with Crippen LogP contribution in [0.25, 0.3) is 10.8 Å². The number of nitro groups is 2. The van der Waals surface area contributed by atoms with Crippen molar-refractivity contribution in [3.05, 3.63) is 50.6 Å². The number of rotatable bonds is 3. The fraction of sp³-hybridized carbons (Fsp3) is 0. The van der Waals surface area contributed by atoms with E-state index >= 15 is 0 Å². The van der Waals surface area contributed by atoms with Crippen molar-refractivity contribution in [1.29, 1.82) is 0 Å². The molecule has 0 bridgehead atoms. The fourth-order valence-electron chi connectivity index (χ4n) is 1.80. The second-order valence-electron chi connectivity index (χ2n) is 3.77. The summed E-state index contributed by atoms with van der Waals surface area (Å²) in [4.78, 5) is 19.0. The normalized spacial score (nSPS) is 11.4. The van der Waals surface area contributed by atoms with E-state index in [0.29, 0.717) is 6.07 Å². The number of nitro benzene ring substituents is 2. The lowest BCUT2D eigenvalue weighted by molar-refractivity contribution is -0.390. The van der Waals surface area contributed by atoms with Gasteiger partial charge in [-0.3, -0.25) is 20.2 Å². The van der Waals surface area contributed by atoms with Crippen LogP contribution in [-0.2, 0) is 10.2 Å². The van der Waals surface area contributed by atoms with Crippen molar-refractivity contribution >= 4 is 32.4 Å². The molecule has 20 heavy (non-hydrogen) atoms. The first kappa shape index (κ1) is 13.8. The van der Waals surface area contributed by atoms with Crippen LogP contribution in [0.15, 0.2) is 35.2 Å². The number of benzene rings is 2. The number of fused-ring (bicyclic) bond motifs is 1. The van der Waals surface area contributed by atoms with E-state index in [0.717, 1.165) is 12.1 Å². The van der Waals surface area contributed by atoms with Gasteiger partial charge in [0.2, 0.25) is 0 Å². The van der Waals surface area contributed by atoms with Crippen molar-refractivity contribution in [2.45, 2.75) is 4.90 Å². The Balaban J connectivity index is 3.01. The predicted molar refractivity (Wildman–Crippen MR) is 65.6 cm³/mol. The Labute approximate surface area is 111 Å². The van der Waals surface area contributed by atoms with Gasteiger partial charge in [0.15, 0.2) is 0 Å². The number of nitrogens with zero attached hydrogens (tertiary/aromatic N) is 2. The average Bonchev–Trinajstić information content (AvgIpc) is 2.35. The minimum atomic E-state index is -5.16. The lowest BCUT2D eigenvalue weighted by Crippen LogP contribution is -1.99. The van der Waals surface area contributed by atoms with Crippen molar-refractivity contribution in [2.24, 2.45) is 0 Å². The lowest BCUT2D eigenvalue weighted by Gasteiger charge is -2.03. The highest BCUT2D eigenvalue weighted by atomic mass is 32.3. The summed E-state index contributed by atoms with van der Waals surface area (Å²) in [5, 5.41) is 21.3. The van der Waals surface area contributed by atoms with Crippen LogP contribution in [0.2, 0.25) is 0 Å². The first-order chi connectivity index (χ1) is 9.21. The van der Waals surface area contributed by atoms with Gasteiger partial charge in [-0.2, -0.15) is 8.42 Å². The summed E-state index contributed by atoms with van der Waals surface area (Å²) in [6.07, 6.45) is 0. The first-order valence-electron chi connectivity index (χ1n) is 5.02. The monoisotopic (exact) mass is 300 g/mol. The molecule has 8 nitrogen and oxygen atoms in total. The van der Waals surface area contributed by atoms with Crippen molar-refractivity contribution in [2.75, 3.05) is 0 Å². The molecule has 2 aromatic carbocycles. The summed E-state index contributed by atoms with van der Waals surface area (Å²) in [6.45, 7) is 0. The molecule has 0 N–H and O–H groups in total. The van der Waals surface area contributed by atoms with Crippen molar-refractivity contribution in [3.8, 4) is 0 Å². The van der Waals surface area contributed by atoms with Gasteiger partial charge in [-0.25, -0.2) is 0 Å². The van der Waals surface area contributed by atoms with Crippen molar-refractivity contribution in [1.82, 2.24) is 0 Å². The SMILES string of the molecule is O=[N+]([O-])c1cccc2cc(S(=O)(=O)F)cc([N+](=O)[O-])c12. The van der Waals surface area contributed by atoms with Gasteiger partial charge in [-0.15, -0.1) is 3.89 Å². The number of hydrogen-bond donors (Lipinski definition) is 0. The topological polar surface area (TPSA) is 120 Å². The minimum Gasteiger partial charge on any atom is -0.258 e. The van der Waals surface area contributed by atoms with Crippen LogP contribution >= 0.6 is 0 Å². The van der Waals surface area contributed by atoms with E-state index in [1.165, 1.54) is 12.1 Å². The molecule has 0 aliphatic rings. The highest BCUT2D eigenvalue weighted by molar-refractivity contribution is 7.86. The largest absolute Gasteiger partial charge is 0.332 e. The van der Waals surface area contributed by atoms with E-state index in [-0.39, 0.29) is 10.8 Å². The molecule has 0 unspecified atom stereocenters. The number of non-ortho nitro benzene ring substituents is 2. The third kappa shape index (κ3) is 2.28. The lowest BCUT2D eigenvalue weighted by atomic mass is 10.1. The molecule has 0 aliphatic heterocycles. The van der Waals surface area contributed by atoms with Crippen LogP contribution in [-0.4, -0.2) is 18.3 Å². The standard InChI is InChI=1S/C10H5FN2O6S/c11-20(18,19)7-4-6-2-1-3-8(12(14)15)10(6)9(5-7)13(16)17/h1-5H. The van der Waals surface area contributed by atoms with E-state index < -0.39 is 36.3 Å². The number of hydrogen-bond acceptors (Lipinski definition) is 6. The van der Waals surface area contributed by atoms with Crippen molar-refractivity contribution < 1.29 is 22.2 Å². The molecule has 0 aromatic heterocycles. The summed E-state index contributed by atoms with van der Waals surface area (Å²) < 4.78 is 34.7. The molecule has 0 atom stereocenters. The molecule has 0 spiro atoms. The van der Waals surface area contributed by atoms with Gasteiger partial charge in [0.05, 0.1) is 9.85 Å². The van der Waals surface area contributed by atoms with Gasteiger partial charge in [-0.1, -0.05) is 12.1 Å². The highest BCUT2D eigenvalue weighted by Crippen LogP contribution is 2.36. The molecular weight excluding hydrogens is 295 g/mol. The maximum absolute atomic E-state index is 13.0. The molecule has 2 rings (SSSR count). The molecule has 0 aliphatic carbocycles. The van der Waals surface area contributed by atoms with E-state index in [4.69, 9.17) is 0 Å². The molecule has 2 aromatic rings. The van der Waals surface area contributed by atoms with Crippen LogP contribution in [0.1, 0.15) is 0 Å². The fourth-order valence-corrected chi connectivity index (χ4v) is 2.32. The van der Waals surface area contributed by atoms with E-state index in [2.05, 4.69) is 0 Å². The number of halogens is 1. The second-order valence-corrected chi connectivity index (χ2v) is 5.12. The Morgan fingerprint density at radius 1 is 1.00 bits per heavy atom. The Morgan fingerprint density at radius 3 is 2.10 bits per heavy atom. The van der Waals surface area contributed by atoms with Crippen LogP contribution in [0, 0.1) is 20.2 Å². The first-order valence-corrected chi connectivity index (χ1v) is 6.40. The molecule has 0 saturated carbocycles. The van der Waals surface area contributed by atoms with Crippen LogP contribution < -0.4 is 0 Å². The summed E-state index contributed by atoms with van der Waals surface area (Å²) in [7, 11) is -5.16. The third-order valence-electron chi connectivity index (χ3n) is 2.58. The molecule has 0 fully saturated rings. The molecular formula is C10H5FN2O6S. The van der Waals surface area contributed by atoms with Gasteiger partial charge in [0, 0.05) is 12.1 Å².